The first-order chi connectivity index (χ1) is 13.7. The van der Waals surface area contributed by atoms with Crippen LogP contribution in [0.15, 0.2) is 23.2 Å². The molecule has 0 bridgehead atoms. The second-order valence-electron chi connectivity index (χ2n) is 7.71. The number of aliphatic imine (C=N–C) groups is 1. The molecule has 162 valence electrons. The van der Waals surface area contributed by atoms with Crippen LogP contribution in [0.25, 0.3) is 0 Å². The fourth-order valence-corrected chi connectivity index (χ4v) is 2.73. The van der Waals surface area contributed by atoms with Gasteiger partial charge < -0.3 is 20.5 Å². The fourth-order valence-electron chi connectivity index (χ4n) is 2.73. The lowest BCUT2D eigenvalue weighted by Gasteiger charge is -2.17. The number of amides is 2. The van der Waals surface area contributed by atoms with Crippen LogP contribution in [0.1, 0.15) is 46.1 Å². The minimum atomic E-state index is -0.686. The Morgan fingerprint density at radius 2 is 1.72 bits per heavy atom. The molecule has 29 heavy (non-hydrogen) atoms. The van der Waals surface area contributed by atoms with Crippen LogP contribution in [0.4, 0.5) is 0 Å². The van der Waals surface area contributed by atoms with Crippen molar-refractivity contribution in [1.82, 2.24) is 10.6 Å². The first-order valence-corrected chi connectivity index (χ1v) is 9.77. The molecule has 8 heteroatoms. The molecule has 0 saturated heterocycles. The van der Waals surface area contributed by atoms with E-state index in [-0.39, 0.29) is 29.6 Å². The second-order valence-corrected chi connectivity index (χ2v) is 7.71. The Hall–Kier alpha value is -2.77. The first kappa shape index (κ1) is 24.3. The summed E-state index contributed by atoms with van der Waals surface area (Å²) in [5.41, 5.74) is 6.71. The highest BCUT2D eigenvalue weighted by Gasteiger charge is 2.20. The number of guanidine groups is 1. The zero-order valence-corrected chi connectivity index (χ0v) is 18.2. The number of carbonyl (C=O) groups is 2. The minimum absolute atomic E-state index is 0.0393. The molecule has 4 N–H and O–H groups in total. The number of hydrogen-bond acceptors (Lipinski definition) is 5. The van der Waals surface area contributed by atoms with Gasteiger partial charge in [0.15, 0.2) is 17.5 Å². The van der Waals surface area contributed by atoms with E-state index in [9.17, 15) is 9.59 Å². The van der Waals surface area contributed by atoms with Crippen molar-refractivity contribution in [3.63, 3.8) is 0 Å². The maximum atomic E-state index is 12.7. The Balaban J connectivity index is 2.81. The maximum absolute atomic E-state index is 12.7. The number of methoxy groups -OCH3 is 2. The summed E-state index contributed by atoms with van der Waals surface area (Å²) >= 11 is 0. The van der Waals surface area contributed by atoms with Gasteiger partial charge >= 0.3 is 0 Å². The van der Waals surface area contributed by atoms with Gasteiger partial charge in [0, 0.05) is 13.0 Å². The van der Waals surface area contributed by atoms with E-state index in [1.807, 2.05) is 33.8 Å². The molecule has 0 aliphatic rings. The van der Waals surface area contributed by atoms with Gasteiger partial charge in [-0.1, -0.05) is 33.8 Å². The monoisotopic (exact) mass is 406 g/mol. The number of benzene rings is 1. The Morgan fingerprint density at radius 3 is 2.28 bits per heavy atom. The third-order valence-electron chi connectivity index (χ3n) is 4.07. The van der Waals surface area contributed by atoms with Crippen LogP contribution < -0.4 is 25.8 Å². The molecule has 1 aromatic rings. The number of carbonyl (C=O) groups excluding carboxylic acids is 2. The van der Waals surface area contributed by atoms with Crippen molar-refractivity contribution in [2.45, 2.75) is 53.1 Å². The lowest BCUT2D eigenvalue weighted by molar-refractivity contribution is -0.123. The van der Waals surface area contributed by atoms with Gasteiger partial charge in [0.05, 0.1) is 14.2 Å². The zero-order chi connectivity index (χ0) is 22.0. The predicted octanol–water partition coefficient (Wildman–Crippen LogP) is 2.21. The number of nitrogens with one attached hydrogen (secondary N) is 2. The Kier molecular flexibility index (Phi) is 9.99. The zero-order valence-electron chi connectivity index (χ0n) is 18.2. The van der Waals surface area contributed by atoms with E-state index < -0.39 is 6.04 Å². The number of ether oxygens (including phenoxy) is 2. The molecule has 0 unspecified atom stereocenters. The highest BCUT2D eigenvalue weighted by molar-refractivity contribution is 5.97. The average molecular weight is 407 g/mol. The SMILES string of the molecule is COc1ccc(CNC(=O)[C@@H](CC(C)C)N=C(N)NC(=O)CC(C)C)cc1OC. The molecule has 8 nitrogen and oxygen atoms in total. The van der Waals surface area contributed by atoms with Crippen molar-refractivity contribution in [2.75, 3.05) is 14.2 Å². The van der Waals surface area contributed by atoms with Crippen LogP contribution >= 0.6 is 0 Å². The van der Waals surface area contributed by atoms with Crippen LogP contribution in [0, 0.1) is 11.8 Å². The van der Waals surface area contributed by atoms with Crippen molar-refractivity contribution in [2.24, 2.45) is 22.6 Å². The summed E-state index contributed by atoms with van der Waals surface area (Å²) in [5.74, 6) is 1.14. The van der Waals surface area contributed by atoms with Gasteiger partial charge in [-0.25, -0.2) is 4.99 Å². The summed E-state index contributed by atoms with van der Waals surface area (Å²) in [6, 6.07) is 4.75. The van der Waals surface area contributed by atoms with Gasteiger partial charge in [-0.15, -0.1) is 0 Å². The molecule has 0 aliphatic heterocycles. The molecule has 0 aliphatic carbocycles. The molecule has 2 amide bonds. The number of rotatable bonds is 10. The standard InChI is InChI=1S/C21H34N4O4/c1-13(2)9-16(24-21(22)25-19(26)10-14(3)4)20(27)23-12-15-7-8-17(28-5)18(11-15)29-6/h7-8,11,13-14,16H,9-10,12H2,1-6H3,(H,23,27)(H3,22,24,25,26)/t16-/m1/s1. The molecule has 1 atom stereocenters. The van der Waals surface area contributed by atoms with E-state index in [0.717, 1.165) is 5.56 Å². The molecule has 0 spiro atoms. The largest absolute Gasteiger partial charge is 0.493 e. The lowest BCUT2D eigenvalue weighted by atomic mass is 10.0. The quantitative estimate of drug-likeness (QED) is 0.407. The van der Waals surface area contributed by atoms with Crippen molar-refractivity contribution < 1.29 is 19.1 Å². The van der Waals surface area contributed by atoms with E-state index in [2.05, 4.69) is 15.6 Å². The average Bonchev–Trinajstić information content (AvgIpc) is 2.63. The predicted molar refractivity (Wildman–Crippen MR) is 114 cm³/mol. The number of nitrogens with zero attached hydrogens (tertiary/aromatic N) is 1. The van der Waals surface area contributed by atoms with E-state index >= 15 is 0 Å². The molecular formula is C21H34N4O4. The van der Waals surface area contributed by atoms with Crippen LogP contribution in [0.3, 0.4) is 0 Å². The van der Waals surface area contributed by atoms with Crippen LogP contribution in [-0.2, 0) is 16.1 Å². The molecule has 1 aromatic carbocycles. The fraction of sp³-hybridized carbons (Fsp3) is 0.571. The van der Waals surface area contributed by atoms with Crippen LogP contribution in [0.2, 0.25) is 0 Å². The first-order valence-electron chi connectivity index (χ1n) is 9.77. The third-order valence-corrected chi connectivity index (χ3v) is 4.07. The van der Waals surface area contributed by atoms with E-state index in [1.165, 1.54) is 0 Å². The summed E-state index contributed by atoms with van der Waals surface area (Å²) < 4.78 is 10.5. The normalized spacial score (nSPS) is 12.6. The molecular weight excluding hydrogens is 372 g/mol. The minimum Gasteiger partial charge on any atom is -0.493 e. The molecule has 0 radical (unpaired) electrons. The summed E-state index contributed by atoms with van der Waals surface area (Å²) in [6.07, 6.45) is 0.856. The van der Waals surface area contributed by atoms with Gasteiger partial charge in [-0.2, -0.15) is 0 Å². The molecule has 1 rings (SSSR count). The Bertz CT molecular complexity index is 717. The van der Waals surface area contributed by atoms with Crippen LogP contribution in [-0.4, -0.2) is 38.0 Å². The Morgan fingerprint density at radius 1 is 1.07 bits per heavy atom. The second kappa shape index (κ2) is 11.9. The Labute approximate surface area is 173 Å². The summed E-state index contributed by atoms with van der Waals surface area (Å²) in [7, 11) is 3.13. The molecule has 0 saturated carbocycles. The van der Waals surface area contributed by atoms with Gasteiger partial charge in [-0.05, 0) is 36.0 Å². The van der Waals surface area contributed by atoms with E-state index in [1.54, 1.807) is 26.4 Å². The van der Waals surface area contributed by atoms with Crippen molar-refractivity contribution in [1.29, 1.82) is 0 Å². The van der Waals surface area contributed by atoms with Gasteiger partial charge in [0.1, 0.15) is 6.04 Å². The van der Waals surface area contributed by atoms with Crippen molar-refractivity contribution in [3.05, 3.63) is 23.8 Å². The molecule has 0 aromatic heterocycles. The summed E-state index contributed by atoms with van der Waals surface area (Å²) in [5, 5.41) is 5.42. The topological polar surface area (TPSA) is 115 Å². The maximum Gasteiger partial charge on any atom is 0.245 e. The summed E-state index contributed by atoms with van der Waals surface area (Å²) in [6.45, 7) is 8.18. The van der Waals surface area contributed by atoms with Crippen LogP contribution in [0.5, 0.6) is 11.5 Å². The third kappa shape index (κ3) is 8.85. The summed E-state index contributed by atoms with van der Waals surface area (Å²) in [4.78, 5) is 28.8. The van der Waals surface area contributed by atoms with Crippen molar-refractivity contribution >= 4 is 17.8 Å². The highest BCUT2D eigenvalue weighted by atomic mass is 16.5. The van der Waals surface area contributed by atoms with Gasteiger partial charge in [0.2, 0.25) is 11.8 Å². The molecule has 0 heterocycles. The van der Waals surface area contributed by atoms with E-state index in [4.69, 9.17) is 15.2 Å². The highest BCUT2D eigenvalue weighted by Crippen LogP contribution is 2.27. The van der Waals surface area contributed by atoms with E-state index in [0.29, 0.717) is 30.9 Å². The number of nitrogens with two attached hydrogens (primary N) is 1. The van der Waals surface area contributed by atoms with Gasteiger partial charge in [-0.3, -0.25) is 14.9 Å². The van der Waals surface area contributed by atoms with Crippen molar-refractivity contribution in [3.8, 4) is 11.5 Å². The lowest BCUT2D eigenvalue weighted by Crippen LogP contribution is -2.41. The molecule has 0 fully saturated rings. The number of hydrogen-bond donors (Lipinski definition) is 3. The van der Waals surface area contributed by atoms with Gasteiger partial charge in [0.25, 0.3) is 0 Å². The smallest absolute Gasteiger partial charge is 0.245 e.